The van der Waals surface area contributed by atoms with Crippen LogP contribution in [0.4, 0.5) is 0 Å². The molecule has 2 aliphatic carbocycles. The lowest BCUT2D eigenvalue weighted by molar-refractivity contribution is -0.142. The average molecular weight is 380 g/mol. The number of fused-ring (bicyclic) bond motifs is 1. The number of hydrogen-bond donors (Lipinski definition) is 0. The molecule has 28 heavy (non-hydrogen) atoms. The van der Waals surface area contributed by atoms with Crippen molar-refractivity contribution >= 4 is 5.97 Å². The predicted molar refractivity (Wildman–Crippen MR) is 109 cm³/mol. The quantitative estimate of drug-likeness (QED) is 0.660. The number of hydrogen-bond acceptors (Lipinski definition) is 4. The molecule has 148 valence electrons. The van der Waals surface area contributed by atoms with Gasteiger partial charge in [0.05, 0.1) is 13.0 Å². The summed E-state index contributed by atoms with van der Waals surface area (Å²) < 4.78 is 11.2. The lowest BCUT2D eigenvalue weighted by atomic mass is 9.98. The average Bonchev–Trinajstić information content (AvgIpc) is 3.35. The monoisotopic (exact) mass is 379 g/mol. The fraction of sp³-hybridized carbons (Fsp3) is 0.500. The molecule has 4 heteroatoms. The number of rotatable bonds is 7. The Labute approximate surface area is 167 Å². The minimum atomic E-state index is -0.170. The SMILES string of the molecule is CCOC(=O)Cc1ccc(Cc2cc(OC3CCCC3)nc3c2CCC3)cc1. The van der Waals surface area contributed by atoms with E-state index in [1.807, 2.05) is 19.1 Å². The summed E-state index contributed by atoms with van der Waals surface area (Å²) in [7, 11) is 0. The Morgan fingerprint density at radius 1 is 1.07 bits per heavy atom. The number of carbonyl (C=O) groups excluding carboxylic acids is 1. The molecule has 1 fully saturated rings. The third-order valence-corrected chi connectivity index (χ3v) is 5.78. The van der Waals surface area contributed by atoms with Gasteiger partial charge in [0.25, 0.3) is 0 Å². The molecule has 0 unspecified atom stereocenters. The normalized spacial score (nSPS) is 16.2. The molecular weight excluding hydrogens is 350 g/mol. The summed E-state index contributed by atoms with van der Waals surface area (Å²) in [6.45, 7) is 2.26. The van der Waals surface area contributed by atoms with Crippen LogP contribution in [0.25, 0.3) is 0 Å². The number of benzene rings is 1. The van der Waals surface area contributed by atoms with Crippen molar-refractivity contribution in [1.82, 2.24) is 4.98 Å². The maximum absolute atomic E-state index is 11.7. The molecule has 0 radical (unpaired) electrons. The second-order valence-electron chi connectivity index (χ2n) is 7.90. The first-order valence-electron chi connectivity index (χ1n) is 10.6. The molecule has 0 atom stereocenters. The third kappa shape index (κ3) is 4.54. The van der Waals surface area contributed by atoms with Crippen LogP contribution in [0.1, 0.15) is 67.0 Å². The number of ether oxygens (including phenoxy) is 2. The second kappa shape index (κ2) is 8.76. The summed E-state index contributed by atoms with van der Waals surface area (Å²) in [5.41, 5.74) is 6.22. The van der Waals surface area contributed by atoms with Crippen molar-refractivity contribution in [2.45, 2.75) is 70.8 Å². The maximum Gasteiger partial charge on any atom is 0.310 e. The van der Waals surface area contributed by atoms with Crippen LogP contribution >= 0.6 is 0 Å². The Hall–Kier alpha value is -2.36. The van der Waals surface area contributed by atoms with Gasteiger partial charge in [-0.2, -0.15) is 0 Å². The molecule has 0 N–H and O–H groups in total. The highest BCUT2D eigenvalue weighted by Crippen LogP contribution is 2.31. The van der Waals surface area contributed by atoms with E-state index >= 15 is 0 Å². The van der Waals surface area contributed by atoms with Crippen molar-refractivity contribution in [3.05, 3.63) is 58.3 Å². The summed E-state index contributed by atoms with van der Waals surface area (Å²) in [4.78, 5) is 16.5. The minimum absolute atomic E-state index is 0.170. The van der Waals surface area contributed by atoms with E-state index in [1.165, 1.54) is 41.6 Å². The topological polar surface area (TPSA) is 48.4 Å². The van der Waals surface area contributed by atoms with Crippen LogP contribution in [0, 0.1) is 0 Å². The summed E-state index contributed by atoms with van der Waals surface area (Å²) in [6.07, 6.45) is 9.73. The summed E-state index contributed by atoms with van der Waals surface area (Å²) in [5, 5.41) is 0. The highest BCUT2D eigenvalue weighted by Gasteiger charge is 2.22. The van der Waals surface area contributed by atoms with Crippen molar-refractivity contribution in [1.29, 1.82) is 0 Å². The van der Waals surface area contributed by atoms with Gasteiger partial charge in [-0.3, -0.25) is 4.79 Å². The Balaban J connectivity index is 1.49. The van der Waals surface area contributed by atoms with Crippen molar-refractivity contribution in [3.63, 3.8) is 0 Å². The molecule has 4 rings (SSSR count). The van der Waals surface area contributed by atoms with Crippen LogP contribution in [0.3, 0.4) is 0 Å². The smallest absolute Gasteiger partial charge is 0.310 e. The Bertz CT molecular complexity index is 822. The standard InChI is InChI=1S/C24H29NO3/c1-2-27-24(26)15-18-12-10-17(11-13-18)14-19-16-23(28-20-6-3-4-7-20)25-22-9-5-8-21(19)22/h10-13,16,20H,2-9,14-15H2,1H3. The lowest BCUT2D eigenvalue weighted by Crippen LogP contribution is -2.13. The van der Waals surface area contributed by atoms with Gasteiger partial charge in [-0.1, -0.05) is 24.3 Å². The van der Waals surface area contributed by atoms with Gasteiger partial charge in [-0.15, -0.1) is 0 Å². The van der Waals surface area contributed by atoms with Crippen molar-refractivity contribution in [2.75, 3.05) is 6.61 Å². The first kappa shape index (κ1) is 19.0. The molecule has 2 aliphatic rings. The van der Waals surface area contributed by atoms with E-state index in [2.05, 4.69) is 18.2 Å². The van der Waals surface area contributed by atoms with E-state index in [0.29, 0.717) is 19.1 Å². The maximum atomic E-state index is 11.7. The van der Waals surface area contributed by atoms with Crippen LogP contribution in [0.2, 0.25) is 0 Å². The van der Waals surface area contributed by atoms with E-state index in [9.17, 15) is 4.79 Å². The Morgan fingerprint density at radius 2 is 1.82 bits per heavy atom. The zero-order chi connectivity index (χ0) is 19.3. The van der Waals surface area contributed by atoms with Gasteiger partial charge in [0, 0.05) is 11.8 Å². The van der Waals surface area contributed by atoms with Gasteiger partial charge in [0.15, 0.2) is 0 Å². The molecule has 0 aliphatic heterocycles. The Kier molecular flexibility index (Phi) is 5.94. The van der Waals surface area contributed by atoms with Gasteiger partial charge in [0.2, 0.25) is 5.88 Å². The Morgan fingerprint density at radius 3 is 2.57 bits per heavy atom. The highest BCUT2D eigenvalue weighted by atomic mass is 16.5. The lowest BCUT2D eigenvalue weighted by Gasteiger charge is -2.16. The molecule has 0 spiro atoms. The van der Waals surface area contributed by atoms with Gasteiger partial charge in [-0.25, -0.2) is 4.98 Å². The zero-order valence-electron chi connectivity index (χ0n) is 16.7. The second-order valence-corrected chi connectivity index (χ2v) is 7.90. The van der Waals surface area contributed by atoms with Crippen molar-refractivity contribution < 1.29 is 14.3 Å². The first-order chi connectivity index (χ1) is 13.7. The van der Waals surface area contributed by atoms with Crippen molar-refractivity contribution in [2.24, 2.45) is 0 Å². The predicted octanol–water partition coefficient (Wildman–Crippen LogP) is 4.59. The number of carbonyl (C=O) groups is 1. The van der Waals surface area contributed by atoms with Crippen LogP contribution in [0.5, 0.6) is 5.88 Å². The van der Waals surface area contributed by atoms with Crippen molar-refractivity contribution in [3.8, 4) is 5.88 Å². The largest absolute Gasteiger partial charge is 0.474 e. The fourth-order valence-electron chi connectivity index (χ4n) is 4.37. The van der Waals surface area contributed by atoms with Crippen LogP contribution in [-0.2, 0) is 35.2 Å². The van der Waals surface area contributed by atoms with E-state index in [-0.39, 0.29) is 5.97 Å². The van der Waals surface area contributed by atoms with Gasteiger partial charge in [-0.05, 0) is 80.5 Å². The number of aryl methyl sites for hydroxylation is 1. The highest BCUT2D eigenvalue weighted by molar-refractivity contribution is 5.72. The van der Waals surface area contributed by atoms with Gasteiger partial charge in [0.1, 0.15) is 6.10 Å². The van der Waals surface area contributed by atoms with Crippen LogP contribution in [-0.4, -0.2) is 23.7 Å². The molecule has 2 aromatic rings. The molecular formula is C24H29NO3. The number of esters is 1. The molecule has 0 bridgehead atoms. The van der Waals surface area contributed by atoms with Gasteiger partial charge < -0.3 is 9.47 Å². The summed E-state index contributed by atoms with van der Waals surface area (Å²) in [6, 6.07) is 10.5. The molecule has 1 saturated carbocycles. The molecule has 1 aromatic heterocycles. The molecule has 0 saturated heterocycles. The number of nitrogens with zero attached hydrogens (tertiary/aromatic N) is 1. The molecule has 1 heterocycles. The molecule has 0 amide bonds. The van der Waals surface area contributed by atoms with Crippen LogP contribution in [0.15, 0.2) is 30.3 Å². The van der Waals surface area contributed by atoms with E-state index in [4.69, 9.17) is 14.5 Å². The summed E-state index contributed by atoms with van der Waals surface area (Å²) in [5.74, 6) is 0.636. The molecule has 4 nitrogen and oxygen atoms in total. The summed E-state index contributed by atoms with van der Waals surface area (Å²) >= 11 is 0. The fourth-order valence-corrected chi connectivity index (χ4v) is 4.37. The molecule has 1 aromatic carbocycles. The number of pyridine rings is 1. The zero-order valence-corrected chi connectivity index (χ0v) is 16.7. The first-order valence-corrected chi connectivity index (χ1v) is 10.6. The third-order valence-electron chi connectivity index (χ3n) is 5.78. The van der Waals surface area contributed by atoms with Gasteiger partial charge >= 0.3 is 5.97 Å². The van der Waals surface area contributed by atoms with Crippen LogP contribution < -0.4 is 4.74 Å². The van der Waals surface area contributed by atoms with E-state index < -0.39 is 0 Å². The number of aromatic nitrogens is 1. The van der Waals surface area contributed by atoms with E-state index in [0.717, 1.165) is 43.5 Å². The van der Waals surface area contributed by atoms with E-state index in [1.54, 1.807) is 0 Å². The minimum Gasteiger partial charge on any atom is -0.474 e.